The smallest absolute Gasteiger partial charge is 0.251 e. The summed E-state index contributed by atoms with van der Waals surface area (Å²) in [6, 6.07) is 4.50. The quantitative estimate of drug-likeness (QED) is 0.732. The van der Waals surface area contributed by atoms with Gasteiger partial charge in [0.05, 0.1) is 6.61 Å². The van der Waals surface area contributed by atoms with Gasteiger partial charge in [0, 0.05) is 43.2 Å². The fourth-order valence-corrected chi connectivity index (χ4v) is 3.83. The molecule has 5 nitrogen and oxygen atoms in total. The van der Waals surface area contributed by atoms with Crippen LogP contribution < -0.4 is 21.1 Å². The number of rotatable bonds is 6. The second-order valence-electron chi connectivity index (χ2n) is 7.46. The van der Waals surface area contributed by atoms with Gasteiger partial charge in [-0.2, -0.15) is 0 Å². The monoisotopic (exact) mass is 357 g/mol. The summed E-state index contributed by atoms with van der Waals surface area (Å²) in [5.41, 5.74) is 1.80. The highest BCUT2D eigenvalue weighted by molar-refractivity contribution is 5.95. The van der Waals surface area contributed by atoms with Gasteiger partial charge in [0.1, 0.15) is 0 Å². The first-order valence-corrected chi connectivity index (χ1v) is 9.65. The molecule has 1 aromatic rings. The summed E-state index contributed by atoms with van der Waals surface area (Å²) in [6.07, 6.45) is 6.86. The van der Waals surface area contributed by atoms with Crippen LogP contribution in [0.4, 0.5) is 0 Å². The van der Waals surface area contributed by atoms with Gasteiger partial charge in [0.2, 0.25) is 0 Å². The molecule has 0 aromatic heterocycles. The summed E-state index contributed by atoms with van der Waals surface area (Å²) in [7, 11) is 1.64. The number of carbonyl (C=O) groups is 1. The first-order valence-electron chi connectivity index (χ1n) is 9.65. The molecule has 2 unspecified atom stereocenters. The Balaban J connectivity index is 1.90. The van der Waals surface area contributed by atoms with E-state index in [9.17, 15) is 4.79 Å². The number of fused-ring (bicyclic) bond motifs is 1. The van der Waals surface area contributed by atoms with Crippen LogP contribution in [-0.4, -0.2) is 56.7 Å². The van der Waals surface area contributed by atoms with Crippen molar-refractivity contribution in [3.63, 3.8) is 0 Å². The SMILES string of the molecule is COCCNC(=O)c1ccc2c(c1C)=CN(CC1CCNC1)C(C)CC=2. The van der Waals surface area contributed by atoms with E-state index >= 15 is 0 Å². The van der Waals surface area contributed by atoms with Gasteiger partial charge >= 0.3 is 0 Å². The van der Waals surface area contributed by atoms with Gasteiger partial charge in [0.15, 0.2) is 0 Å². The maximum atomic E-state index is 12.5. The number of benzene rings is 1. The van der Waals surface area contributed by atoms with Crippen molar-refractivity contribution < 1.29 is 9.53 Å². The van der Waals surface area contributed by atoms with Gasteiger partial charge < -0.3 is 20.3 Å². The fourth-order valence-electron chi connectivity index (χ4n) is 3.83. The standard InChI is InChI=1S/C21H31N3O2/c1-15-4-5-18-6-7-19(21(25)23-10-11-26-3)16(2)20(18)14-24(15)13-17-8-9-22-12-17/h5-7,14-15,17,22H,4,8-13H2,1-3H3,(H,23,25). The van der Waals surface area contributed by atoms with Crippen molar-refractivity contribution in [3.8, 4) is 0 Å². The molecule has 0 radical (unpaired) electrons. The maximum absolute atomic E-state index is 12.5. The molecule has 0 aliphatic carbocycles. The third kappa shape index (κ3) is 4.27. The zero-order valence-electron chi connectivity index (χ0n) is 16.2. The van der Waals surface area contributed by atoms with Crippen LogP contribution in [0.25, 0.3) is 12.3 Å². The summed E-state index contributed by atoms with van der Waals surface area (Å²) in [6.45, 7) is 8.70. The lowest BCUT2D eigenvalue weighted by molar-refractivity contribution is 0.0936. The largest absolute Gasteiger partial charge is 0.383 e. The Morgan fingerprint density at radius 3 is 3.00 bits per heavy atom. The zero-order chi connectivity index (χ0) is 18.5. The molecule has 0 saturated carbocycles. The van der Waals surface area contributed by atoms with E-state index in [1.54, 1.807) is 7.11 Å². The van der Waals surface area contributed by atoms with Crippen LogP contribution in [0, 0.1) is 12.8 Å². The number of hydrogen-bond acceptors (Lipinski definition) is 4. The third-order valence-electron chi connectivity index (χ3n) is 5.56. The second-order valence-corrected chi connectivity index (χ2v) is 7.46. The predicted octanol–water partition coefficient (Wildman–Crippen LogP) is 0.593. The average molecular weight is 357 g/mol. The summed E-state index contributed by atoms with van der Waals surface area (Å²) in [5.74, 6) is 0.677. The van der Waals surface area contributed by atoms with Crippen LogP contribution in [0.2, 0.25) is 0 Å². The minimum Gasteiger partial charge on any atom is -0.383 e. The first kappa shape index (κ1) is 18.9. The zero-order valence-corrected chi connectivity index (χ0v) is 16.2. The molecule has 1 aromatic carbocycles. The summed E-state index contributed by atoms with van der Waals surface area (Å²) in [4.78, 5) is 15.0. The van der Waals surface area contributed by atoms with Crippen LogP contribution in [0.3, 0.4) is 0 Å². The van der Waals surface area contributed by atoms with Gasteiger partial charge in [-0.15, -0.1) is 0 Å². The number of carbonyl (C=O) groups excluding carboxylic acids is 1. The summed E-state index contributed by atoms with van der Waals surface area (Å²) >= 11 is 0. The van der Waals surface area contributed by atoms with Crippen molar-refractivity contribution in [1.29, 1.82) is 0 Å². The minimum absolute atomic E-state index is 0.0282. The molecule has 2 aliphatic heterocycles. The van der Waals surface area contributed by atoms with Gasteiger partial charge in [0.25, 0.3) is 5.91 Å². The van der Waals surface area contributed by atoms with Gasteiger partial charge in [-0.3, -0.25) is 4.79 Å². The van der Waals surface area contributed by atoms with E-state index in [0.29, 0.717) is 25.1 Å². The first-order chi connectivity index (χ1) is 12.6. The Morgan fingerprint density at radius 2 is 2.27 bits per heavy atom. The van der Waals surface area contributed by atoms with E-state index in [4.69, 9.17) is 4.74 Å². The molecule has 0 bridgehead atoms. The topological polar surface area (TPSA) is 53.6 Å². The molecule has 5 heteroatoms. The third-order valence-corrected chi connectivity index (χ3v) is 5.56. The molecule has 1 fully saturated rings. The molecule has 3 rings (SSSR count). The number of nitrogens with zero attached hydrogens (tertiary/aromatic N) is 1. The van der Waals surface area contributed by atoms with Crippen LogP contribution in [0.1, 0.15) is 35.7 Å². The van der Waals surface area contributed by atoms with Crippen LogP contribution >= 0.6 is 0 Å². The lowest BCUT2D eigenvalue weighted by Gasteiger charge is -2.29. The van der Waals surface area contributed by atoms with Crippen LogP contribution in [0.15, 0.2) is 12.1 Å². The molecule has 2 atom stereocenters. The molecule has 26 heavy (non-hydrogen) atoms. The molecular weight excluding hydrogens is 326 g/mol. The number of amides is 1. The highest BCUT2D eigenvalue weighted by Gasteiger charge is 2.21. The van der Waals surface area contributed by atoms with E-state index in [2.05, 4.69) is 47.7 Å². The minimum atomic E-state index is -0.0282. The highest BCUT2D eigenvalue weighted by atomic mass is 16.5. The Kier molecular flexibility index (Phi) is 6.33. The molecule has 1 saturated heterocycles. The molecular formula is C21H31N3O2. The highest BCUT2D eigenvalue weighted by Crippen LogP contribution is 2.15. The van der Waals surface area contributed by atoms with E-state index in [1.165, 1.54) is 16.9 Å². The van der Waals surface area contributed by atoms with E-state index in [1.807, 2.05) is 6.07 Å². The lowest BCUT2D eigenvalue weighted by atomic mass is 10.0. The normalized spacial score (nSPS) is 22.2. The summed E-state index contributed by atoms with van der Waals surface area (Å²) < 4.78 is 5.02. The molecule has 2 N–H and O–H groups in total. The number of nitrogens with one attached hydrogen (secondary N) is 2. The van der Waals surface area contributed by atoms with E-state index in [-0.39, 0.29) is 5.91 Å². The van der Waals surface area contributed by atoms with Gasteiger partial charge in [-0.25, -0.2) is 0 Å². The molecule has 2 aliphatic rings. The molecule has 0 spiro atoms. The van der Waals surface area contributed by atoms with Crippen molar-refractivity contribution in [1.82, 2.24) is 15.5 Å². The molecule has 142 valence electrons. The Bertz CT molecular complexity index is 753. The number of methoxy groups -OCH3 is 1. The average Bonchev–Trinajstić information content (AvgIpc) is 3.08. The van der Waals surface area contributed by atoms with Crippen LogP contribution in [-0.2, 0) is 4.74 Å². The Morgan fingerprint density at radius 1 is 1.42 bits per heavy atom. The van der Waals surface area contributed by atoms with Crippen molar-refractivity contribution in [2.45, 2.75) is 32.7 Å². The van der Waals surface area contributed by atoms with E-state index < -0.39 is 0 Å². The molecule has 1 amide bonds. The van der Waals surface area contributed by atoms with Gasteiger partial charge in [-0.05, 0) is 62.5 Å². The van der Waals surface area contributed by atoms with Crippen molar-refractivity contribution in [2.75, 3.05) is 39.9 Å². The van der Waals surface area contributed by atoms with Crippen molar-refractivity contribution in [2.24, 2.45) is 5.92 Å². The van der Waals surface area contributed by atoms with Crippen molar-refractivity contribution >= 4 is 18.2 Å². The molecule has 2 heterocycles. The number of ether oxygens (including phenoxy) is 1. The van der Waals surface area contributed by atoms with Crippen LogP contribution in [0.5, 0.6) is 0 Å². The van der Waals surface area contributed by atoms with Crippen molar-refractivity contribution in [3.05, 3.63) is 33.7 Å². The second kappa shape index (κ2) is 8.69. The summed E-state index contributed by atoms with van der Waals surface area (Å²) in [5, 5.41) is 8.80. The van der Waals surface area contributed by atoms with E-state index in [0.717, 1.165) is 37.2 Å². The maximum Gasteiger partial charge on any atom is 0.251 e. The van der Waals surface area contributed by atoms with Gasteiger partial charge in [-0.1, -0.05) is 12.1 Å². The lowest BCUT2D eigenvalue weighted by Crippen LogP contribution is -2.37. The Hall–Kier alpha value is -1.85. The number of hydrogen-bond donors (Lipinski definition) is 2. The predicted molar refractivity (Wildman–Crippen MR) is 105 cm³/mol. The Labute approximate surface area is 156 Å². The fraction of sp³-hybridized carbons (Fsp3) is 0.571.